The van der Waals surface area contributed by atoms with Crippen LogP contribution in [0.1, 0.15) is 26.3 Å². The van der Waals surface area contributed by atoms with Crippen LogP contribution in [0.2, 0.25) is 10.0 Å². The molecule has 0 aliphatic carbocycles. The van der Waals surface area contributed by atoms with E-state index in [1.165, 1.54) is 31.4 Å². The molecule has 0 bridgehead atoms. The highest BCUT2D eigenvalue weighted by atomic mass is 35.5. The third-order valence-electron chi connectivity index (χ3n) is 3.37. The van der Waals surface area contributed by atoms with Crippen LogP contribution in [0.15, 0.2) is 42.5 Å². The molecule has 8 heteroatoms. The van der Waals surface area contributed by atoms with Gasteiger partial charge in [0.05, 0.1) is 18.2 Å². The van der Waals surface area contributed by atoms with Crippen molar-refractivity contribution in [3.8, 4) is 0 Å². The number of benzene rings is 2. The van der Waals surface area contributed by atoms with Crippen molar-refractivity contribution in [1.29, 1.82) is 0 Å². The molecule has 1 N–H and O–H groups in total. The van der Waals surface area contributed by atoms with E-state index in [1.54, 1.807) is 18.2 Å². The lowest BCUT2D eigenvalue weighted by Crippen LogP contribution is -2.28. The van der Waals surface area contributed by atoms with Crippen molar-refractivity contribution >= 4 is 41.0 Å². The van der Waals surface area contributed by atoms with Gasteiger partial charge in [-0.15, -0.1) is 0 Å². The van der Waals surface area contributed by atoms with E-state index in [2.05, 4.69) is 10.1 Å². The van der Waals surface area contributed by atoms with Crippen molar-refractivity contribution in [3.05, 3.63) is 69.2 Å². The Morgan fingerprint density at radius 3 is 2.15 bits per heavy atom. The molecular formula is C18H15Cl2NO5. The molecule has 0 radical (unpaired) electrons. The summed E-state index contributed by atoms with van der Waals surface area (Å²) in [5, 5.41) is 3.52. The maximum atomic E-state index is 11.9. The molecule has 1 amide bonds. The van der Waals surface area contributed by atoms with Crippen LogP contribution in [0.3, 0.4) is 0 Å². The Labute approximate surface area is 160 Å². The number of nitrogens with one attached hydrogen (secondary N) is 1. The number of ether oxygens (including phenoxy) is 2. The van der Waals surface area contributed by atoms with Crippen molar-refractivity contribution in [1.82, 2.24) is 5.32 Å². The number of carbonyl (C=O) groups is 3. The standard InChI is InChI=1S/C18H15Cl2NO5/c1-25-17(23)11-2-4-12(5-3-11)18(24)26-10-16(22)21-9-13-6-7-14(19)8-15(13)20/h2-8H,9-10H2,1H3,(H,21,22). The minimum Gasteiger partial charge on any atom is -0.465 e. The van der Waals surface area contributed by atoms with Crippen molar-refractivity contribution in [2.24, 2.45) is 0 Å². The zero-order chi connectivity index (χ0) is 19.1. The number of esters is 2. The first kappa shape index (κ1) is 19.8. The Morgan fingerprint density at radius 1 is 0.962 bits per heavy atom. The fourth-order valence-corrected chi connectivity index (χ4v) is 2.46. The highest BCUT2D eigenvalue weighted by Gasteiger charge is 2.12. The van der Waals surface area contributed by atoms with Gasteiger partial charge in [0.15, 0.2) is 6.61 Å². The molecule has 0 unspecified atom stereocenters. The van der Waals surface area contributed by atoms with Gasteiger partial charge < -0.3 is 14.8 Å². The summed E-state index contributed by atoms with van der Waals surface area (Å²) >= 11 is 11.8. The molecule has 2 rings (SSSR count). The Morgan fingerprint density at radius 2 is 1.58 bits per heavy atom. The van der Waals surface area contributed by atoms with E-state index in [-0.39, 0.29) is 12.1 Å². The summed E-state index contributed by atoms with van der Waals surface area (Å²) in [5.74, 6) is -1.67. The van der Waals surface area contributed by atoms with Gasteiger partial charge >= 0.3 is 11.9 Å². The first-order valence-corrected chi connectivity index (χ1v) is 8.22. The molecule has 0 aliphatic rings. The van der Waals surface area contributed by atoms with Gasteiger partial charge in [0.2, 0.25) is 0 Å². The SMILES string of the molecule is COC(=O)c1ccc(C(=O)OCC(=O)NCc2ccc(Cl)cc2Cl)cc1. The molecule has 0 aromatic heterocycles. The van der Waals surface area contributed by atoms with Crippen LogP contribution in [0.25, 0.3) is 0 Å². The number of amides is 1. The Balaban J connectivity index is 1.82. The maximum absolute atomic E-state index is 11.9. The first-order chi connectivity index (χ1) is 12.4. The van der Waals surface area contributed by atoms with Gasteiger partial charge in [-0.3, -0.25) is 4.79 Å². The third-order valence-corrected chi connectivity index (χ3v) is 3.95. The zero-order valence-corrected chi connectivity index (χ0v) is 15.3. The number of hydrogen-bond acceptors (Lipinski definition) is 5. The average Bonchev–Trinajstić information content (AvgIpc) is 2.64. The lowest BCUT2D eigenvalue weighted by Gasteiger charge is -2.08. The largest absolute Gasteiger partial charge is 0.465 e. The van der Waals surface area contributed by atoms with Crippen LogP contribution in [0.5, 0.6) is 0 Å². The molecule has 0 atom stereocenters. The summed E-state index contributed by atoms with van der Waals surface area (Å²) in [5.41, 5.74) is 1.21. The Kier molecular flexibility index (Phi) is 7.00. The Bertz CT molecular complexity index is 821. The van der Waals surface area contributed by atoms with E-state index in [4.69, 9.17) is 27.9 Å². The van der Waals surface area contributed by atoms with Gasteiger partial charge in [0.1, 0.15) is 0 Å². The molecule has 136 valence electrons. The van der Waals surface area contributed by atoms with E-state index in [0.717, 1.165) is 0 Å². The van der Waals surface area contributed by atoms with Crippen LogP contribution < -0.4 is 5.32 Å². The second-order valence-electron chi connectivity index (χ2n) is 5.16. The molecular weight excluding hydrogens is 381 g/mol. The van der Waals surface area contributed by atoms with E-state index < -0.39 is 24.5 Å². The summed E-state index contributed by atoms with van der Waals surface area (Å²) < 4.78 is 9.50. The highest BCUT2D eigenvalue weighted by molar-refractivity contribution is 6.35. The number of hydrogen-bond donors (Lipinski definition) is 1. The van der Waals surface area contributed by atoms with Crippen LogP contribution in [0, 0.1) is 0 Å². The van der Waals surface area contributed by atoms with Crippen LogP contribution in [0.4, 0.5) is 0 Å². The van der Waals surface area contributed by atoms with E-state index in [0.29, 0.717) is 21.2 Å². The second kappa shape index (κ2) is 9.22. The third kappa shape index (κ3) is 5.47. The van der Waals surface area contributed by atoms with Gasteiger partial charge in [-0.1, -0.05) is 29.3 Å². The average molecular weight is 396 g/mol. The van der Waals surface area contributed by atoms with E-state index in [9.17, 15) is 14.4 Å². The molecule has 0 spiro atoms. The van der Waals surface area contributed by atoms with Crippen molar-refractivity contribution < 1.29 is 23.9 Å². The molecule has 2 aromatic carbocycles. The van der Waals surface area contributed by atoms with Crippen molar-refractivity contribution in [3.63, 3.8) is 0 Å². The van der Waals surface area contributed by atoms with Gasteiger partial charge in [-0.05, 0) is 42.0 Å². The zero-order valence-electron chi connectivity index (χ0n) is 13.8. The lowest BCUT2D eigenvalue weighted by atomic mass is 10.1. The second-order valence-corrected chi connectivity index (χ2v) is 6.00. The Hall–Kier alpha value is -2.57. The molecule has 0 aliphatic heterocycles. The molecule has 0 saturated carbocycles. The predicted molar refractivity (Wildman–Crippen MR) is 96.4 cm³/mol. The number of carbonyl (C=O) groups excluding carboxylic acids is 3. The molecule has 0 fully saturated rings. The van der Waals surface area contributed by atoms with Crippen LogP contribution >= 0.6 is 23.2 Å². The monoisotopic (exact) mass is 395 g/mol. The van der Waals surface area contributed by atoms with Crippen LogP contribution in [-0.4, -0.2) is 31.6 Å². The molecule has 0 heterocycles. The topological polar surface area (TPSA) is 81.7 Å². The summed E-state index contributed by atoms with van der Waals surface area (Å²) in [6.07, 6.45) is 0. The van der Waals surface area contributed by atoms with Gasteiger partial charge in [-0.25, -0.2) is 9.59 Å². The first-order valence-electron chi connectivity index (χ1n) is 7.47. The molecule has 2 aromatic rings. The van der Waals surface area contributed by atoms with Gasteiger partial charge in [0.25, 0.3) is 5.91 Å². The minimum atomic E-state index is -0.680. The number of rotatable bonds is 6. The molecule has 6 nitrogen and oxygen atoms in total. The van der Waals surface area contributed by atoms with Gasteiger partial charge in [0, 0.05) is 16.6 Å². The van der Waals surface area contributed by atoms with Crippen molar-refractivity contribution in [2.45, 2.75) is 6.54 Å². The van der Waals surface area contributed by atoms with E-state index in [1.807, 2.05) is 0 Å². The summed E-state index contributed by atoms with van der Waals surface area (Å²) in [7, 11) is 1.26. The summed E-state index contributed by atoms with van der Waals surface area (Å²) in [6.45, 7) is -0.261. The van der Waals surface area contributed by atoms with E-state index >= 15 is 0 Å². The quantitative estimate of drug-likeness (QED) is 0.759. The molecule has 26 heavy (non-hydrogen) atoms. The summed E-state index contributed by atoms with van der Waals surface area (Å²) in [4.78, 5) is 35.0. The number of methoxy groups -OCH3 is 1. The minimum absolute atomic E-state index is 0.181. The van der Waals surface area contributed by atoms with Crippen LogP contribution in [-0.2, 0) is 20.8 Å². The highest BCUT2D eigenvalue weighted by Crippen LogP contribution is 2.20. The maximum Gasteiger partial charge on any atom is 0.338 e. The fourth-order valence-electron chi connectivity index (χ4n) is 1.98. The summed E-state index contributed by atoms with van der Waals surface area (Å²) in [6, 6.07) is 10.6. The number of halogens is 2. The lowest BCUT2D eigenvalue weighted by molar-refractivity contribution is -0.124. The van der Waals surface area contributed by atoms with Gasteiger partial charge in [-0.2, -0.15) is 0 Å². The smallest absolute Gasteiger partial charge is 0.338 e. The molecule has 0 saturated heterocycles. The van der Waals surface area contributed by atoms with Crippen molar-refractivity contribution in [2.75, 3.05) is 13.7 Å². The fraction of sp³-hybridized carbons (Fsp3) is 0.167. The predicted octanol–water partition coefficient (Wildman–Crippen LogP) is 3.25. The normalized spacial score (nSPS) is 10.1.